The van der Waals surface area contributed by atoms with Crippen molar-refractivity contribution in [1.82, 2.24) is 10.6 Å². The summed E-state index contributed by atoms with van der Waals surface area (Å²) in [5.74, 6) is 0. The van der Waals surface area contributed by atoms with Crippen LogP contribution in [0.3, 0.4) is 0 Å². The number of nitrogens with one attached hydrogen (secondary N) is 3. The maximum absolute atomic E-state index is 11.7. The van der Waals surface area contributed by atoms with Crippen molar-refractivity contribution >= 4 is 11.7 Å². The van der Waals surface area contributed by atoms with E-state index in [9.17, 15) is 4.79 Å². The monoisotopic (exact) mass is 293 g/mol. The fraction of sp³-hybridized carbons (Fsp3) is 0.562. The minimum atomic E-state index is -0.219. The fourth-order valence-corrected chi connectivity index (χ4v) is 1.83. The third-order valence-corrected chi connectivity index (χ3v) is 3.32. The van der Waals surface area contributed by atoms with Crippen LogP contribution in [0.25, 0.3) is 0 Å². The number of carbonyl (C=O) groups excluding carboxylic acids is 1. The van der Waals surface area contributed by atoms with Gasteiger partial charge in [0.05, 0.1) is 6.10 Å². The maximum atomic E-state index is 11.7. The third-order valence-electron chi connectivity index (χ3n) is 3.32. The first kappa shape index (κ1) is 17.5. The summed E-state index contributed by atoms with van der Waals surface area (Å²) in [6.45, 7) is 7.67. The summed E-state index contributed by atoms with van der Waals surface area (Å²) < 4.78 is 5.08. The first-order valence-corrected chi connectivity index (χ1v) is 7.47. The van der Waals surface area contributed by atoms with Gasteiger partial charge >= 0.3 is 6.03 Å². The minimum absolute atomic E-state index is 0.00335. The first-order valence-electron chi connectivity index (χ1n) is 7.47. The van der Waals surface area contributed by atoms with Crippen LogP contribution in [-0.2, 0) is 4.74 Å². The van der Waals surface area contributed by atoms with Crippen molar-refractivity contribution in [1.29, 1.82) is 0 Å². The largest absolute Gasteiger partial charge is 0.380 e. The molecule has 118 valence electrons. The van der Waals surface area contributed by atoms with Gasteiger partial charge in [0, 0.05) is 25.4 Å². The number of carbonyl (C=O) groups is 1. The van der Waals surface area contributed by atoms with Crippen LogP contribution >= 0.6 is 0 Å². The summed E-state index contributed by atoms with van der Waals surface area (Å²) in [6, 6.07) is 7.98. The van der Waals surface area contributed by atoms with Crippen LogP contribution in [0.4, 0.5) is 10.5 Å². The highest BCUT2D eigenvalue weighted by molar-refractivity contribution is 5.89. The van der Waals surface area contributed by atoms with Gasteiger partial charge in [-0.1, -0.05) is 19.1 Å². The van der Waals surface area contributed by atoms with Gasteiger partial charge in [-0.05, 0) is 44.5 Å². The van der Waals surface area contributed by atoms with Crippen LogP contribution < -0.4 is 16.0 Å². The van der Waals surface area contributed by atoms with E-state index in [0.717, 1.165) is 18.7 Å². The molecule has 0 aromatic heterocycles. The van der Waals surface area contributed by atoms with Gasteiger partial charge in [-0.3, -0.25) is 0 Å². The Morgan fingerprint density at radius 1 is 1.24 bits per heavy atom. The van der Waals surface area contributed by atoms with Crippen molar-refractivity contribution in [2.24, 2.45) is 0 Å². The van der Waals surface area contributed by atoms with Crippen molar-refractivity contribution in [2.45, 2.75) is 39.3 Å². The normalized spacial score (nSPS) is 13.5. The SMILES string of the molecule is CCCNC(C)c1ccc(NC(=O)NCC(C)OC)cc1. The molecule has 2 atom stereocenters. The average molecular weight is 293 g/mol. The zero-order chi connectivity index (χ0) is 15.7. The predicted molar refractivity (Wildman–Crippen MR) is 86.6 cm³/mol. The lowest BCUT2D eigenvalue weighted by Crippen LogP contribution is -2.34. The van der Waals surface area contributed by atoms with Crippen LogP contribution in [0.5, 0.6) is 0 Å². The van der Waals surface area contributed by atoms with Crippen LogP contribution in [0, 0.1) is 0 Å². The van der Waals surface area contributed by atoms with Gasteiger partial charge in [0.2, 0.25) is 0 Å². The highest BCUT2D eigenvalue weighted by Crippen LogP contribution is 2.15. The van der Waals surface area contributed by atoms with Crippen LogP contribution in [0.15, 0.2) is 24.3 Å². The summed E-state index contributed by atoms with van der Waals surface area (Å²) >= 11 is 0. The summed E-state index contributed by atoms with van der Waals surface area (Å²) in [5.41, 5.74) is 1.99. The van der Waals surface area contributed by atoms with Crippen LogP contribution in [0.2, 0.25) is 0 Å². The molecule has 0 aliphatic carbocycles. The number of methoxy groups -OCH3 is 1. The van der Waals surface area contributed by atoms with E-state index in [1.807, 2.05) is 31.2 Å². The second-order valence-corrected chi connectivity index (χ2v) is 5.18. The van der Waals surface area contributed by atoms with Crippen molar-refractivity contribution in [3.8, 4) is 0 Å². The minimum Gasteiger partial charge on any atom is -0.380 e. The van der Waals surface area contributed by atoms with E-state index in [1.54, 1.807) is 7.11 Å². The van der Waals surface area contributed by atoms with Crippen molar-refractivity contribution < 1.29 is 9.53 Å². The second-order valence-electron chi connectivity index (χ2n) is 5.18. The molecule has 1 rings (SSSR count). The molecule has 0 spiro atoms. The van der Waals surface area contributed by atoms with E-state index in [4.69, 9.17) is 4.74 Å². The molecule has 5 heteroatoms. The first-order chi connectivity index (χ1) is 10.1. The third kappa shape index (κ3) is 6.60. The lowest BCUT2D eigenvalue weighted by Gasteiger charge is -2.15. The Labute approximate surface area is 127 Å². The smallest absolute Gasteiger partial charge is 0.319 e. The van der Waals surface area contributed by atoms with E-state index in [2.05, 4.69) is 29.8 Å². The van der Waals surface area contributed by atoms with Gasteiger partial charge in [-0.25, -0.2) is 4.79 Å². The molecule has 5 nitrogen and oxygen atoms in total. The molecule has 0 fully saturated rings. The number of hydrogen-bond acceptors (Lipinski definition) is 3. The molecule has 1 aromatic carbocycles. The molecule has 21 heavy (non-hydrogen) atoms. The Balaban J connectivity index is 2.45. The average Bonchev–Trinajstić information content (AvgIpc) is 2.50. The molecule has 3 N–H and O–H groups in total. The molecule has 0 saturated carbocycles. The predicted octanol–water partition coefficient (Wildman–Crippen LogP) is 2.90. The zero-order valence-corrected chi connectivity index (χ0v) is 13.4. The second kappa shape index (κ2) is 9.37. The number of hydrogen-bond donors (Lipinski definition) is 3. The van der Waals surface area contributed by atoms with E-state index in [1.165, 1.54) is 5.56 Å². The molecular formula is C16H27N3O2. The molecule has 0 bridgehead atoms. The van der Waals surface area contributed by atoms with Gasteiger partial charge in [-0.15, -0.1) is 0 Å². The van der Waals surface area contributed by atoms with Gasteiger partial charge in [0.15, 0.2) is 0 Å². The Morgan fingerprint density at radius 3 is 2.48 bits per heavy atom. The van der Waals surface area contributed by atoms with Crippen molar-refractivity contribution in [2.75, 3.05) is 25.5 Å². The van der Waals surface area contributed by atoms with Gasteiger partial charge in [0.1, 0.15) is 0 Å². The molecule has 1 aromatic rings. The summed E-state index contributed by atoms with van der Waals surface area (Å²) in [5, 5.41) is 9.00. The number of amides is 2. The zero-order valence-electron chi connectivity index (χ0n) is 13.4. The molecule has 2 amide bonds. The van der Waals surface area contributed by atoms with Crippen molar-refractivity contribution in [3.05, 3.63) is 29.8 Å². The number of rotatable bonds is 8. The highest BCUT2D eigenvalue weighted by Gasteiger charge is 2.06. The quantitative estimate of drug-likeness (QED) is 0.690. The molecule has 0 heterocycles. The Bertz CT molecular complexity index is 420. The van der Waals surface area contributed by atoms with E-state index in [0.29, 0.717) is 12.6 Å². The molecule has 0 radical (unpaired) electrons. The summed E-state index contributed by atoms with van der Waals surface area (Å²) in [6.07, 6.45) is 1.12. The van der Waals surface area contributed by atoms with Gasteiger partial charge in [0.25, 0.3) is 0 Å². The Morgan fingerprint density at radius 2 is 1.90 bits per heavy atom. The summed E-state index contributed by atoms with van der Waals surface area (Å²) in [7, 11) is 1.62. The topological polar surface area (TPSA) is 62.4 Å². The molecular weight excluding hydrogens is 266 g/mol. The fourth-order valence-electron chi connectivity index (χ4n) is 1.83. The number of anilines is 1. The number of benzene rings is 1. The van der Waals surface area contributed by atoms with E-state index in [-0.39, 0.29) is 12.1 Å². The van der Waals surface area contributed by atoms with Crippen LogP contribution in [-0.4, -0.2) is 32.3 Å². The van der Waals surface area contributed by atoms with E-state index >= 15 is 0 Å². The Hall–Kier alpha value is -1.59. The van der Waals surface area contributed by atoms with Gasteiger partial charge < -0.3 is 20.7 Å². The van der Waals surface area contributed by atoms with E-state index < -0.39 is 0 Å². The van der Waals surface area contributed by atoms with Crippen molar-refractivity contribution in [3.63, 3.8) is 0 Å². The lowest BCUT2D eigenvalue weighted by atomic mass is 10.1. The Kier molecular flexibility index (Phi) is 7.79. The molecule has 0 aliphatic rings. The standard InChI is InChI=1S/C16H27N3O2/c1-5-10-17-13(3)14-6-8-15(9-7-14)19-16(20)18-11-12(2)21-4/h6-9,12-13,17H,5,10-11H2,1-4H3,(H2,18,19,20). The molecule has 0 saturated heterocycles. The molecule has 2 unspecified atom stereocenters. The van der Waals surface area contributed by atoms with Gasteiger partial charge in [-0.2, -0.15) is 0 Å². The van der Waals surface area contributed by atoms with Crippen LogP contribution in [0.1, 0.15) is 38.8 Å². The maximum Gasteiger partial charge on any atom is 0.319 e. The summed E-state index contributed by atoms with van der Waals surface area (Å²) in [4.78, 5) is 11.7. The highest BCUT2D eigenvalue weighted by atomic mass is 16.5. The lowest BCUT2D eigenvalue weighted by molar-refractivity contribution is 0.119. The number of urea groups is 1. The number of ether oxygens (including phenoxy) is 1. The molecule has 0 aliphatic heterocycles.